The van der Waals surface area contributed by atoms with Crippen LogP contribution in [0.25, 0.3) is 10.9 Å². The molecule has 154 valence electrons. The van der Waals surface area contributed by atoms with Gasteiger partial charge >= 0.3 is 0 Å². The van der Waals surface area contributed by atoms with Gasteiger partial charge in [-0.2, -0.15) is 5.10 Å². The van der Waals surface area contributed by atoms with Crippen LogP contribution < -0.4 is 14.9 Å². The minimum atomic E-state index is 0.514. The molecule has 0 saturated heterocycles. The number of pyridine rings is 1. The molecule has 0 bridgehead atoms. The van der Waals surface area contributed by atoms with E-state index < -0.39 is 0 Å². The van der Waals surface area contributed by atoms with E-state index in [1.807, 2.05) is 84.9 Å². The third-order valence-corrected chi connectivity index (χ3v) is 4.66. The van der Waals surface area contributed by atoms with Crippen molar-refractivity contribution >= 4 is 28.6 Å². The van der Waals surface area contributed by atoms with E-state index in [4.69, 9.17) is 19.5 Å². The fourth-order valence-electron chi connectivity index (χ4n) is 3.04. The van der Waals surface area contributed by atoms with E-state index in [1.54, 1.807) is 20.4 Å². The van der Waals surface area contributed by atoms with Crippen LogP contribution >= 0.6 is 0 Å². The first-order valence-corrected chi connectivity index (χ1v) is 9.78. The average molecular weight is 410 g/mol. The number of benzene rings is 3. The van der Waals surface area contributed by atoms with E-state index in [2.05, 4.69) is 10.5 Å². The summed E-state index contributed by atoms with van der Waals surface area (Å²) in [6.45, 7) is 0. The number of aliphatic imine (C=N–C) groups is 1. The number of hydrogen-bond acceptors (Lipinski definition) is 5. The lowest BCUT2D eigenvalue weighted by Crippen LogP contribution is -2.20. The van der Waals surface area contributed by atoms with Crippen molar-refractivity contribution in [2.45, 2.75) is 0 Å². The number of aromatic nitrogens is 1. The number of nitrogens with one attached hydrogen (secondary N) is 1. The Balaban J connectivity index is 1.69. The van der Waals surface area contributed by atoms with Crippen LogP contribution in [-0.2, 0) is 0 Å². The number of amidine groups is 1. The van der Waals surface area contributed by atoms with Gasteiger partial charge in [-0.1, -0.05) is 36.4 Å². The summed E-state index contributed by atoms with van der Waals surface area (Å²) in [7, 11) is 3.26. The smallest absolute Gasteiger partial charge is 0.173 e. The van der Waals surface area contributed by atoms with Crippen molar-refractivity contribution in [1.82, 2.24) is 10.4 Å². The van der Waals surface area contributed by atoms with Crippen LogP contribution in [0.4, 0.5) is 5.69 Å². The fraction of sp³-hybridized carbons (Fsp3) is 0.0800. The number of hydrazone groups is 1. The minimum absolute atomic E-state index is 0.514. The van der Waals surface area contributed by atoms with Crippen LogP contribution in [0, 0.1) is 0 Å². The van der Waals surface area contributed by atoms with Crippen LogP contribution in [0.1, 0.15) is 11.3 Å². The average Bonchev–Trinajstić information content (AvgIpc) is 2.84. The molecule has 0 fully saturated rings. The molecule has 6 nitrogen and oxygen atoms in total. The molecule has 0 aliphatic carbocycles. The van der Waals surface area contributed by atoms with E-state index in [1.165, 1.54) is 0 Å². The van der Waals surface area contributed by atoms with E-state index in [0.717, 1.165) is 22.2 Å². The Labute approximate surface area is 180 Å². The molecule has 1 N–H and O–H groups in total. The zero-order chi connectivity index (χ0) is 21.5. The molecule has 0 unspecified atom stereocenters. The Hall–Kier alpha value is -4.19. The van der Waals surface area contributed by atoms with Gasteiger partial charge in [0.25, 0.3) is 0 Å². The van der Waals surface area contributed by atoms with E-state index in [0.29, 0.717) is 23.0 Å². The number of ether oxygens (including phenoxy) is 2. The van der Waals surface area contributed by atoms with E-state index in [-0.39, 0.29) is 0 Å². The maximum absolute atomic E-state index is 5.44. The van der Waals surface area contributed by atoms with Crippen LogP contribution in [0.2, 0.25) is 0 Å². The lowest BCUT2D eigenvalue weighted by molar-refractivity contribution is 0.415. The van der Waals surface area contributed by atoms with Crippen molar-refractivity contribution in [3.8, 4) is 11.5 Å². The van der Waals surface area contributed by atoms with Crippen molar-refractivity contribution < 1.29 is 9.47 Å². The first-order valence-electron chi connectivity index (χ1n) is 9.78. The summed E-state index contributed by atoms with van der Waals surface area (Å²) in [6.07, 6.45) is 1.72. The monoisotopic (exact) mass is 410 g/mol. The molecule has 0 spiro atoms. The number of rotatable bonds is 6. The fourth-order valence-corrected chi connectivity index (χ4v) is 3.04. The van der Waals surface area contributed by atoms with Gasteiger partial charge in [-0.3, -0.25) is 5.43 Å². The predicted molar refractivity (Wildman–Crippen MR) is 125 cm³/mol. The summed E-state index contributed by atoms with van der Waals surface area (Å²) in [5, 5.41) is 5.44. The molecule has 0 aliphatic heterocycles. The maximum Gasteiger partial charge on any atom is 0.173 e. The van der Waals surface area contributed by atoms with Crippen molar-refractivity contribution in [1.29, 1.82) is 0 Å². The Kier molecular flexibility index (Phi) is 6.18. The molecule has 0 atom stereocenters. The van der Waals surface area contributed by atoms with Crippen molar-refractivity contribution in [2.75, 3.05) is 14.2 Å². The topological polar surface area (TPSA) is 68.1 Å². The van der Waals surface area contributed by atoms with Gasteiger partial charge in [0.15, 0.2) is 5.84 Å². The molecule has 0 radical (unpaired) electrons. The van der Waals surface area contributed by atoms with Crippen molar-refractivity contribution in [3.05, 3.63) is 96.2 Å². The molecule has 4 aromatic rings. The summed E-state index contributed by atoms with van der Waals surface area (Å²) in [6, 6.07) is 27.1. The molecule has 0 amide bonds. The lowest BCUT2D eigenvalue weighted by Gasteiger charge is -2.09. The van der Waals surface area contributed by atoms with Gasteiger partial charge in [0.1, 0.15) is 22.9 Å². The van der Waals surface area contributed by atoms with Crippen LogP contribution in [0.3, 0.4) is 0 Å². The largest absolute Gasteiger partial charge is 0.497 e. The van der Waals surface area contributed by atoms with Gasteiger partial charge in [-0.25, -0.2) is 9.98 Å². The molecule has 0 aliphatic rings. The van der Waals surface area contributed by atoms with Gasteiger partial charge < -0.3 is 9.47 Å². The first-order chi connectivity index (χ1) is 15.3. The molecule has 4 rings (SSSR count). The summed E-state index contributed by atoms with van der Waals surface area (Å²) in [4.78, 5) is 9.50. The Morgan fingerprint density at radius 1 is 0.839 bits per heavy atom. The zero-order valence-corrected chi connectivity index (χ0v) is 17.3. The highest BCUT2D eigenvalue weighted by molar-refractivity contribution is 6.01. The SMILES string of the molecule is COc1ccc(/C=N/NC(=Nc2ccccc2OC)c2ccc3ccccc3n2)cc1. The van der Waals surface area contributed by atoms with E-state index >= 15 is 0 Å². The Morgan fingerprint density at radius 3 is 2.42 bits per heavy atom. The van der Waals surface area contributed by atoms with Crippen LogP contribution in [0.15, 0.2) is 95.0 Å². The van der Waals surface area contributed by atoms with Gasteiger partial charge in [0.2, 0.25) is 0 Å². The lowest BCUT2D eigenvalue weighted by atomic mass is 10.2. The summed E-state index contributed by atoms with van der Waals surface area (Å²) >= 11 is 0. The second-order valence-corrected chi connectivity index (χ2v) is 6.66. The van der Waals surface area contributed by atoms with Gasteiger partial charge in [-0.15, -0.1) is 0 Å². The number of methoxy groups -OCH3 is 2. The highest BCUT2D eigenvalue weighted by Crippen LogP contribution is 2.27. The van der Waals surface area contributed by atoms with Gasteiger partial charge in [0, 0.05) is 5.39 Å². The number of nitrogens with zero attached hydrogens (tertiary/aromatic N) is 3. The number of hydrogen-bond donors (Lipinski definition) is 1. The maximum atomic E-state index is 5.44. The first kappa shape index (κ1) is 20.1. The van der Waals surface area contributed by atoms with Crippen LogP contribution in [0.5, 0.6) is 11.5 Å². The van der Waals surface area contributed by atoms with Crippen molar-refractivity contribution in [3.63, 3.8) is 0 Å². The second kappa shape index (κ2) is 9.54. The van der Waals surface area contributed by atoms with E-state index in [9.17, 15) is 0 Å². The molecular weight excluding hydrogens is 388 g/mol. The van der Waals surface area contributed by atoms with Crippen molar-refractivity contribution in [2.24, 2.45) is 10.1 Å². The molecular formula is C25H22N4O2. The second-order valence-electron chi connectivity index (χ2n) is 6.66. The Morgan fingerprint density at radius 2 is 1.61 bits per heavy atom. The quantitative estimate of drug-likeness (QED) is 0.277. The van der Waals surface area contributed by atoms with Gasteiger partial charge in [0.05, 0.1) is 26.0 Å². The molecule has 6 heteroatoms. The molecule has 1 heterocycles. The molecule has 3 aromatic carbocycles. The van der Waals surface area contributed by atoms with Crippen LogP contribution in [-0.4, -0.2) is 31.3 Å². The molecule has 1 aromatic heterocycles. The highest BCUT2D eigenvalue weighted by atomic mass is 16.5. The standard InChI is InChI=1S/C25H22N4O2/c1-30-20-14-11-18(12-15-20)17-26-29-25(28-22-9-5-6-10-24(22)31-2)23-16-13-19-7-3-4-8-21(19)27-23/h3-17H,1-2H3,(H,28,29)/b26-17+. The number of fused-ring (bicyclic) bond motifs is 1. The predicted octanol–water partition coefficient (Wildman–Crippen LogP) is 4.95. The third-order valence-electron chi connectivity index (χ3n) is 4.66. The Bertz CT molecular complexity index is 1230. The molecule has 0 saturated carbocycles. The number of para-hydroxylation sites is 3. The van der Waals surface area contributed by atoms with Gasteiger partial charge in [-0.05, 0) is 54.1 Å². The summed E-state index contributed by atoms with van der Waals surface area (Å²) in [5.41, 5.74) is 6.22. The minimum Gasteiger partial charge on any atom is -0.497 e. The normalized spacial score (nSPS) is 11.6. The zero-order valence-electron chi connectivity index (χ0n) is 17.3. The summed E-state index contributed by atoms with van der Waals surface area (Å²) < 4.78 is 10.6. The molecule has 31 heavy (non-hydrogen) atoms. The summed E-state index contributed by atoms with van der Waals surface area (Å²) in [5.74, 6) is 1.98. The third kappa shape index (κ3) is 4.87. The highest BCUT2D eigenvalue weighted by Gasteiger charge is 2.09.